The normalized spacial score (nSPS) is 11.4. The third-order valence-electron chi connectivity index (χ3n) is 2.42. The van der Waals surface area contributed by atoms with Crippen LogP contribution in [0.3, 0.4) is 0 Å². The average Bonchev–Trinajstić information content (AvgIpc) is 2.25. The van der Waals surface area contributed by atoms with E-state index in [0.29, 0.717) is 5.56 Å². The van der Waals surface area contributed by atoms with Crippen molar-refractivity contribution in [2.45, 2.75) is 24.7 Å². The Morgan fingerprint density at radius 3 is 2.26 bits per heavy atom. The van der Waals surface area contributed by atoms with Gasteiger partial charge < -0.3 is 11.5 Å². The number of rotatable bonds is 3. The molecular weight excluding hydrogens is 268 g/mol. The Morgan fingerprint density at radius 1 is 1.26 bits per heavy atom. The number of sulfonamides is 1. The molecule has 1 rings (SSSR count). The van der Waals surface area contributed by atoms with Crippen LogP contribution in [0, 0.1) is 0 Å². The van der Waals surface area contributed by atoms with E-state index in [2.05, 4.69) is 4.99 Å². The van der Waals surface area contributed by atoms with Gasteiger partial charge in [0.1, 0.15) is 0 Å². The maximum Gasteiger partial charge on any atom is 0.280 e. The van der Waals surface area contributed by atoms with E-state index in [1.807, 2.05) is 13.8 Å². The second-order valence-corrected chi connectivity index (χ2v) is 5.82. The van der Waals surface area contributed by atoms with Crippen LogP contribution in [0.15, 0.2) is 28.1 Å². The second-order valence-electron chi connectivity index (χ2n) is 4.29. The molecule has 0 aliphatic heterocycles. The van der Waals surface area contributed by atoms with Crippen LogP contribution in [-0.2, 0) is 10.0 Å². The van der Waals surface area contributed by atoms with Crippen LogP contribution in [0.25, 0.3) is 0 Å². The van der Waals surface area contributed by atoms with E-state index in [1.54, 1.807) is 0 Å². The molecule has 0 atom stereocenters. The summed E-state index contributed by atoms with van der Waals surface area (Å²) in [7, 11) is -3.93. The summed E-state index contributed by atoms with van der Waals surface area (Å²) in [5, 5.41) is 5.14. The predicted octanol–water partition coefficient (Wildman–Crippen LogP) is -0.129. The third-order valence-corrected chi connectivity index (χ3v) is 3.39. The fourth-order valence-electron chi connectivity index (χ4n) is 1.57. The molecule has 0 radical (unpaired) electrons. The summed E-state index contributed by atoms with van der Waals surface area (Å²) in [6.45, 7) is 3.64. The van der Waals surface area contributed by atoms with Crippen LogP contribution >= 0.6 is 0 Å². The van der Waals surface area contributed by atoms with Crippen molar-refractivity contribution in [1.29, 1.82) is 0 Å². The number of aliphatic imine (C=N–C) groups is 1. The minimum Gasteiger partial charge on any atom is -0.370 e. The number of guanidine groups is 1. The summed E-state index contributed by atoms with van der Waals surface area (Å²) in [4.78, 5) is 14.9. The van der Waals surface area contributed by atoms with E-state index in [-0.39, 0.29) is 16.4 Å². The Balaban J connectivity index is 3.43. The number of benzene rings is 1. The van der Waals surface area contributed by atoms with Gasteiger partial charge in [-0.25, -0.2) is 13.6 Å². The monoisotopic (exact) mass is 284 g/mol. The molecule has 0 aromatic heterocycles. The fraction of sp³-hybridized carbons (Fsp3) is 0.273. The lowest BCUT2D eigenvalue weighted by atomic mass is 10.0. The van der Waals surface area contributed by atoms with Gasteiger partial charge in [-0.3, -0.25) is 4.79 Å². The van der Waals surface area contributed by atoms with Crippen molar-refractivity contribution >= 4 is 21.9 Å². The number of primary sulfonamides is 1. The van der Waals surface area contributed by atoms with Gasteiger partial charge in [0.15, 0.2) is 5.96 Å². The molecule has 8 heteroatoms. The molecule has 104 valence electrons. The molecule has 0 bridgehead atoms. The van der Waals surface area contributed by atoms with Crippen LogP contribution in [0.5, 0.6) is 0 Å². The number of hydrogen-bond donors (Lipinski definition) is 3. The van der Waals surface area contributed by atoms with Crippen LogP contribution < -0.4 is 16.6 Å². The summed E-state index contributed by atoms with van der Waals surface area (Å²) < 4.78 is 23.1. The Bertz CT molecular complexity index is 631. The molecular formula is C11H16N4O3S. The van der Waals surface area contributed by atoms with E-state index >= 15 is 0 Å². The zero-order chi connectivity index (χ0) is 14.8. The molecule has 0 unspecified atom stereocenters. The van der Waals surface area contributed by atoms with Crippen LogP contribution in [0.2, 0.25) is 0 Å². The van der Waals surface area contributed by atoms with Gasteiger partial charge in [0.25, 0.3) is 5.91 Å². The second kappa shape index (κ2) is 5.37. The Kier molecular flexibility index (Phi) is 4.28. The minimum absolute atomic E-state index is 0.0550. The number of nitrogens with zero attached hydrogens (tertiary/aromatic N) is 1. The van der Waals surface area contributed by atoms with Crippen LogP contribution in [0.4, 0.5) is 0 Å². The van der Waals surface area contributed by atoms with Gasteiger partial charge in [0, 0.05) is 5.56 Å². The summed E-state index contributed by atoms with van der Waals surface area (Å²) in [5.41, 5.74) is 10.8. The van der Waals surface area contributed by atoms with Gasteiger partial charge in [-0.2, -0.15) is 4.99 Å². The maximum absolute atomic E-state index is 11.6. The van der Waals surface area contributed by atoms with Crippen molar-refractivity contribution < 1.29 is 13.2 Å². The maximum atomic E-state index is 11.6. The van der Waals surface area contributed by atoms with E-state index in [0.717, 1.165) is 0 Å². The molecule has 0 aliphatic carbocycles. The van der Waals surface area contributed by atoms with Crippen molar-refractivity contribution in [2.24, 2.45) is 21.6 Å². The molecule has 1 aromatic rings. The number of amides is 1. The lowest BCUT2D eigenvalue weighted by molar-refractivity contribution is 0.100. The minimum atomic E-state index is -3.93. The van der Waals surface area contributed by atoms with Gasteiger partial charge in [0.05, 0.1) is 4.90 Å². The highest BCUT2D eigenvalue weighted by atomic mass is 32.2. The first-order valence-electron chi connectivity index (χ1n) is 5.43. The lowest BCUT2D eigenvalue weighted by Crippen LogP contribution is -2.24. The van der Waals surface area contributed by atoms with Gasteiger partial charge in [0.2, 0.25) is 10.0 Å². The van der Waals surface area contributed by atoms with Crippen molar-refractivity contribution in [1.82, 2.24) is 0 Å². The number of nitrogens with two attached hydrogens (primary N) is 3. The molecule has 19 heavy (non-hydrogen) atoms. The third kappa shape index (κ3) is 3.76. The van der Waals surface area contributed by atoms with Gasteiger partial charge in [-0.15, -0.1) is 0 Å². The molecule has 6 N–H and O–H groups in total. The Labute approximate surface area is 111 Å². The highest BCUT2D eigenvalue weighted by Crippen LogP contribution is 2.24. The van der Waals surface area contributed by atoms with Crippen LogP contribution in [0.1, 0.15) is 35.7 Å². The lowest BCUT2D eigenvalue weighted by Gasteiger charge is -2.11. The van der Waals surface area contributed by atoms with Gasteiger partial charge in [-0.1, -0.05) is 19.9 Å². The molecule has 1 aromatic carbocycles. The molecule has 1 amide bonds. The number of carbonyl (C=O) groups is 1. The first kappa shape index (κ1) is 15.1. The van der Waals surface area contributed by atoms with Crippen molar-refractivity contribution in [3.8, 4) is 0 Å². The fourth-order valence-corrected chi connectivity index (χ4v) is 2.50. The largest absolute Gasteiger partial charge is 0.370 e. The summed E-state index contributed by atoms with van der Waals surface area (Å²) in [6.07, 6.45) is 0. The van der Waals surface area contributed by atoms with E-state index < -0.39 is 21.9 Å². The molecule has 0 saturated heterocycles. The first-order valence-corrected chi connectivity index (χ1v) is 6.98. The summed E-state index contributed by atoms with van der Waals surface area (Å²) >= 11 is 0. The van der Waals surface area contributed by atoms with Crippen molar-refractivity contribution in [3.05, 3.63) is 29.3 Å². The number of carbonyl (C=O) groups excluding carboxylic acids is 1. The summed E-state index contributed by atoms with van der Waals surface area (Å²) in [6, 6.07) is 4.16. The van der Waals surface area contributed by atoms with Crippen molar-refractivity contribution in [2.75, 3.05) is 0 Å². The quantitative estimate of drug-likeness (QED) is 0.523. The Hall–Kier alpha value is -1.93. The number of hydrogen-bond acceptors (Lipinski definition) is 3. The van der Waals surface area contributed by atoms with Crippen LogP contribution in [-0.4, -0.2) is 20.3 Å². The smallest absolute Gasteiger partial charge is 0.280 e. The highest BCUT2D eigenvalue weighted by Gasteiger charge is 2.18. The SMILES string of the molecule is CC(C)c1ccc(C(=O)N=C(N)N)cc1S(N)(=O)=O. The first-order chi connectivity index (χ1) is 8.62. The van der Waals surface area contributed by atoms with E-state index in [9.17, 15) is 13.2 Å². The van der Waals surface area contributed by atoms with Gasteiger partial charge in [-0.05, 0) is 23.6 Å². The molecule has 7 nitrogen and oxygen atoms in total. The average molecular weight is 284 g/mol. The molecule has 0 spiro atoms. The topological polar surface area (TPSA) is 142 Å². The zero-order valence-corrected chi connectivity index (χ0v) is 11.4. The Morgan fingerprint density at radius 2 is 1.84 bits per heavy atom. The van der Waals surface area contributed by atoms with E-state index in [4.69, 9.17) is 16.6 Å². The standard InChI is InChI=1S/C11H16N4O3S/c1-6(2)8-4-3-7(10(16)15-11(12)13)5-9(8)19(14,17)18/h3-6H,1-2H3,(H2,14,17,18)(H4,12,13,15,16). The predicted molar refractivity (Wildman–Crippen MR) is 72.0 cm³/mol. The molecule has 0 saturated carbocycles. The molecule has 0 heterocycles. The molecule has 0 aliphatic rings. The van der Waals surface area contributed by atoms with Crippen molar-refractivity contribution in [3.63, 3.8) is 0 Å². The van der Waals surface area contributed by atoms with Gasteiger partial charge >= 0.3 is 0 Å². The molecule has 0 fully saturated rings. The zero-order valence-electron chi connectivity index (χ0n) is 10.6. The highest BCUT2D eigenvalue weighted by molar-refractivity contribution is 7.89. The van der Waals surface area contributed by atoms with E-state index in [1.165, 1.54) is 18.2 Å². The summed E-state index contributed by atoms with van der Waals surface area (Å²) in [5.74, 6) is -1.17.